The van der Waals surface area contributed by atoms with Crippen LogP contribution < -0.4 is 9.47 Å². The standard InChI is InChI=1S/C20H17NO3/c1-13-8-17-11-19(23-2)16(10-20(17)24-13)6-7-18(22)15-5-3-4-14(9-15)12-21/h3-7,9-11,13H,8H2,1-2H3/b7-6+. The molecule has 0 saturated carbocycles. The van der Waals surface area contributed by atoms with E-state index in [0.717, 1.165) is 23.3 Å². The third-order valence-corrected chi connectivity index (χ3v) is 3.94. The Morgan fingerprint density at radius 3 is 2.96 bits per heavy atom. The molecule has 0 aliphatic carbocycles. The maximum Gasteiger partial charge on any atom is 0.185 e. The molecule has 0 spiro atoms. The Hall–Kier alpha value is -3.06. The second-order valence-corrected chi connectivity index (χ2v) is 5.72. The molecule has 1 atom stereocenters. The van der Waals surface area contributed by atoms with E-state index in [1.54, 1.807) is 37.5 Å². The average Bonchev–Trinajstić information content (AvgIpc) is 2.97. The summed E-state index contributed by atoms with van der Waals surface area (Å²) in [5.74, 6) is 1.38. The number of fused-ring (bicyclic) bond motifs is 1. The maximum absolute atomic E-state index is 12.3. The molecule has 0 N–H and O–H groups in total. The summed E-state index contributed by atoms with van der Waals surface area (Å²) in [6.07, 6.45) is 4.21. The number of ether oxygens (including phenoxy) is 2. The molecule has 120 valence electrons. The molecule has 3 rings (SSSR count). The van der Waals surface area contributed by atoms with E-state index in [0.29, 0.717) is 16.9 Å². The smallest absolute Gasteiger partial charge is 0.185 e. The largest absolute Gasteiger partial charge is 0.496 e. The van der Waals surface area contributed by atoms with Gasteiger partial charge in [-0.05, 0) is 43.3 Å². The lowest BCUT2D eigenvalue weighted by Gasteiger charge is -2.08. The molecule has 1 aliphatic heterocycles. The summed E-state index contributed by atoms with van der Waals surface area (Å²) in [5, 5.41) is 8.92. The van der Waals surface area contributed by atoms with Gasteiger partial charge < -0.3 is 9.47 Å². The van der Waals surface area contributed by atoms with E-state index in [4.69, 9.17) is 14.7 Å². The van der Waals surface area contributed by atoms with Gasteiger partial charge >= 0.3 is 0 Å². The third kappa shape index (κ3) is 3.16. The minimum absolute atomic E-state index is 0.152. The molecular formula is C20H17NO3. The quantitative estimate of drug-likeness (QED) is 0.635. The highest BCUT2D eigenvalue weighted by molar-refractivity contribution is 6.07. The Labute approximate surface area is 140 Å². The van der Waals surface area contributed by atoms with Crippen LogP contribution >= 0.6 is 0 Å². The van der Waals surface area contributed by atoms with Crippen molar-refractivity contribution in [1.82, 2.24) is 0 Å². The van der Waals surface area contributed by atoms with Crippen molar-refractivity contribution in [3.8, 4) is 17.6 Å². The Morgan fingerprint density at radius 2 is 2.21 bits per heavy atom. The van der Waals surface area contributed by atoms with E-state index in [1.165, 1.54) is 6.08 Å². The summed E-state index contributed by atoms with van der Waals surface area (Å²) in [4.78, 5) is 12.3. The number of rotatable bonds is 4. The van der Waals surface area contributed by atoms with Gasteiger partial charge in [-0.3, -0.25) is 4.79 Å². The predicted octanol–water partition coefficient (Wildman–Crippen LogP) is 3.79. The minimum Gasteiger partial charge on any atom is -0.496 e. The number of benzene rings is 2. The Morgan fingerprint density at radius 1 is 1.38 bits per heavy atom. The molecule has 0 bridgehead atoms. The Bertz CT molecular complexity index is 862. The first-order valence-corrected chi connectivity index (χ1v) is 7.71. The van der Waals surface area contributed by atoms with E-state index in [-0.39, 0.29) is 11.9 Å². The van der Waals surface area contributed by atoms with Gasteiger partial charge in [0.15, 0.2) is 5.78 Å². The summed E-state index contributed by atoms with van der Waals surface area (Å²) in [5.41, 5.74) is 2.85. The van der Waals surface area contributed by atoms with Gasteiger partial charge in [0.2, 0.25) is 0 Å². The molecule has 24 heavy (non-hydrogen) atoms. The monoisotopic (exact) mass is 319 g/mol. The van der Waals surface area contributed by atoms with Crippen LogP contribution in [-0.2, 0) is 6.42 Å². The van der Waals surface area contributed by atoms with Crippen LogP contribution in [0.4, 0.5) is 0 Å². The lowest BCUT2D eigenvalue weighted by Crippen LogP contribution is -2.05. The molecule has 2 aromatic rings. The Kier molecular flexibility index (Phi) is 4.35. The van der Waals surface area contributed by atoms with Crippen molar-refractivity contribution in [3.63, 3.8) is 0 Å². The number of methoxy groups -OCH3 is 1. The number of carbonyl (C=O) groups is 1. The first-order valence-electron chi connectivity index (χ1n) is 7.71. The zero-order chi connectivity index (χ0) is 17.1. The first-order chi connectivity index (χ1) is 11.6. The average molecular weight is 319 g/mol. The van der Waals surface area contributed by atoms with Crippen LogP contribution in [0.5, 0.6) is 11.5 Å². The molecule has 4 heteroatoms. The third-order valence-electron chi connectivity index (χ3n) is 3.94. The summed E-state index contributed by atoms with van der Waals surface area (Å²) >= 11 is 0. The van der Waals surface area contributed by atoms with Crippen molar-refractivity contribution in [2.75, 3.05) is 7.11 Å². The van der Waals surface area contributed by atoms with Crippen LogP contribution in [0, 0.1) is 11.3 Å². The SMILES string of the molecule is COc1cc2c(cc1/C=C/C(=O)c1cccc(C#N)c1)OC(C)C2. The normalized spacial score (nSPS) is 15.6. The zero-order valence-electron chi connectivity index (χ0n) is 13.6. The summed E-state index contributed by atoms with van der Waals surface area (Å²) < 4.78 is 11.2. The predicted molar refractivity (Wildman–Crippen MR) is 91.3 cm³/mol. The van der Waals surface area contributed by atoms with Crippen LogP contribution in [0.15, 0.2) is 42.5 Å². The van der Waals surface area contributed by atoms with Crippen LogP contribution in [0.2, 0.25) is 0 Å². The van der Waals surface area contributed by atoms with Crippen LogP contribution in [0.1, 0.15) is 34.0 Å². The number of nitriles is 1. The second-order valence-electron chi connectivity index (χ2n) is 5.72. The number of hydrogen-bond acceptors (Lipinski definition) is 4. The van der Waals surface area contributed by atoms with Gasteiger partial charge in [0.05, 0.1) is 18.7 Å². The van der Waals surface area contributed by atoms with Gasteiger partial charge in [-0.25, -0.2) is 0 Å². The van der Waals surface area contributed by atoms with Crippen molar-refractivity contribution in [3.05, 3.63) is 64.7 Å². The highest BCUT2D eigenvalue weighted by Crippen LogP contribution is 2.35. The van der Waals surface area contributed by atoms with E-state index >= 15 is 0 Å². The fraction of sp³-hybridized carbons (Fsp3) is 0.200. The fourth-order valence-corrected chi connectivity index (χ4v) is 2.77. The van der Waals surface area contributed by atoms with Crippen molar-refractivity contribution < 1.29 is 14.3 Å². The number of hydrogen-bond donors (Lipinski definition) is 0. The molecule has 2 aromatic carbocycles. The van der Waals surface area contributed by atoms with E-state index < -0.39 is 0 Å². The molecular weight excluding hydrogens is 302 g/mol. The van der Waals surface area contributed by atoms with E-state index in [2.05, 4.69) is 0 Å². The van der Waals surface area contributed by atoms with Gasteiger partial charge in [-0.1, -0.05) is 12.1 Å². The number of carbonyl (C=O) groups excluding carboxylic acids is 1. The van der Waals surface area contributed by atoms with Crippen LogP contribution in [0.25, 0.3) is 6.08 Å². The first kappa shape index (κ1) is 15.8. The van der Waals surface area contributed by atoms with E-state index in [9.17, 15) is 4.79 Å². The van der Waals surface area contributed by atoms with Crippen molar-refractivity contribution in [1.29, 1.82) is 5.26 Å². The van der Waals surface area contributed by atoms with Crippen molar-refractivity contribution in [2.45, 2.75) is 19.4 Å². The summed E-state index contributed by atoms with van der Waals surface area (Å²) in [7, 11) is 1.61. The molecule has 1 unspecified atom stereocenters. The van der Waals surface area contributed by atoms with Gasteiger partial charge in [0.1, 0.15) is 17.6 Å². The highest BCUT2D eigenvalue weighted by Gasteiger charge is 2.21. The fourth-order valence-electron chi connectivity index (χ4n) is 2.77. The second kappa shape index (κ2) is 6.59. The van der Waals surface area contributed by atoms with Crippen LogP contribution in [0.3, 0.4) is 0 Å². The molecule has 4 nitrogen and oxygen atoms in total. The molecule has 0 radical (unpaired) electrons. The van der Waals surface area contributed by atoms with Crippen molar-refractivity contribution in [2.24, 2.45) is 0 Å². The van der Waals surface area contributed by atoms with Gasteiger partial charge in [-0.15, -0.1) is 0 Å². The maximum atomic E-state index is 12.3. The minimum atomic E-state index is -0.163. The highest BCUT2D eigenvalue weighted by atomic mass is 16.5. The molecule has 1 heterocycles. The number of nitrogens with zero attached hydrogens (tertiary/aromatic N) is 1. The van der Waals surface area contributed by atoms with Crippen molar-refractivity contribution >= 4 is 11.9 Å². The number of ketones is 1. The lowest BCUT2D eigenvalue weighted by molar-refractivity contribution is 0.104. The molecule has 0 fully saturated rings. The molecule has 0 saturated heterocycles. The molecule has 1 aliphatic rings. The Balaban J connectivity index is 1.87. The van der Waals surface area contributed by atoms with E-state index in [1.807, 2.05) is 25.1 Å². The van der Waals surface area contributed by atoms with Gasteiger partial charge in [0.25, 0.3) is 0 Å². The molecule has 0 amide bonds. The number of allylic oxidation sites excluding steroid dienone is 1. The molecule has 0 aromatic heterocycles. The zero-order valence-corrected chi connectivity index (χ0v) is 13.6. The van der Waals surface area contributed by atoms with Crippen LogP contribution in [-0.4, -0.2) is 19.0 Å². The van der Waals surface area contributed by atoms with Gasteiger partial charge in [-0.2, -0.15) is 5.26 Å². The van der Waals surface area contributed by atoms with Gasteiger partial charge in [0, 0.05) is 23.1 Å². The summed E-state index contributed by atoms with van der Waals surface area (Å²) in [6.45, 7) is 2.02. The summed E-state index contributed by atoms with van der Waals surface area (Å²) in [6, 6.07) is 12.5. The topological polar surface area (TPSA) is 59.3 Å². The lowest BCUT2D eigenvalue weighted by atomic mass is 10.0.